The molecule has 3 rings (SSSR count). The van der Waals surface area contributed by atoms with Gasteiger partial charge in [0.2, 0.25) is 11.8 Å². The first-order chi connectivity index (χ1) is 19.1. The van der Waals surface area contributed by atoms with E-state index in [4.69, 9.17) is 27.9 Å². The van der Waals surface area contributed by atoms with E-state index in [1.54, 1.807) is 49.4 Å². The molecule has 1 atom stereocenters. The van der Waals surface area contributed by atoms with E-state index in [9.17, 15) is 18.0 Å². The zero-order valence-corrected chi connectivity index (χ0v) is 25.0. The molecule has 8 nitrogen and oxygen atoms in total. The minimum absolute atomic E-state index is 0.000115. The lowest BCUT2D eigenvalue weighted by molar-refractivity contribution is -0.140. The number of hydrogen-bond donors (Lipinski definition) is 1. The Hall–Kier alpha value is -3.27. The Morgan fingerprint density at radius 2 is 1.62 bits per heavy atom. The van der Waals surface area contributed by atoms with Gasteiger partial charge in [-0.15, -0.1) is 0 Å². The average Bonchev–Trinajstić information content (AvgIpc) is 2.95. The summed E-state index contributed by atoms with van der Waals surface area (Å²) in [7, 11) is -2.76. The molecule has 11 heteroatoms. The second-order valence-electron chi connectivity index (χ2n) is 8.97. The highest BCUT2D eigenvalue weighted by Crippen LogP contribution is 2.32. The summed E-state index contributed by atoms with van der Waals surface area (Å²) in [6.07, 6.45) is 1.04. The second-order valence-corrected chi connectivity index (χ2v) is 11.6. The molecule has 0 heterocycles. The predicted octanol–water partition coefficient (Wildman–Crippen LogP) is 5.53. The van der Waals surface area contributed by atoms with Gasteiger partial charge in [0.05, 0.1) is 22.7 Å². The average molecular weight is 607 g/mol. The third-order valence-electron chi connectivity index (χ3n) is 6.27. The van der Waals surface area contributed by atoms with Crippen molar-refractivity contribution < 1.29 is 22.7 Å². The van der Waals surface area contributed by atoms with Gasteiger partial charge in [-0.05, 0) is 54.8 Å². The largest absolute Gasteiger partial charge is 0.495 e. The number of nitrogens with one attached hydrogen (secondary N) is 1. The van der Waals surface area contributed by atoms with Crippen LogP contribution in [-0.4, -0.2) is 51.4 Å². The fourth-order valence-electron chi connectivity index (χ4n) is 4.15. The van der Waals surface area contributed by atoms with Gasteiger partial charge in [-0.1, -0.05) is 73.4 Å². The molecule has 0 aliphatic carbocycles. The summed E-state index contributed by atoms with van der Waals surface area (Å²) in [5, 5.41) is 3.46. The van der Waals surface area contributed by atoms with E-state index in [1.165, 1.54) is 42.3 Å². The van der Waals surface area contributed by atoms with Gasteiger partial charge >= 0.3 is 0 Å². The molecule has 214 valence electrons. The van der Waals surface area contributed by atoms with Gasteiger partial charge in [-0.25, -0.2) is 8.42 Å². The molecule has 0 aliphatic heterocycles. The van der Waals surface area contributed by atoms with E-state index in [2.05, 4.69) is 5.32 Å². The van der Waals surface area contributed by atoms with Crippen molar-refractivity contribution in [2.75, 3.05) is 24.5 Å². The first kappa shape index (κ1) is 31.3. The maximum Gasteiger partial charge on any atom is 0.264 e. The summed E-state index contributed by atoms with van der Waals surface area (Å²) in [5.41, 5.74) is 0.799. The number of anilines is 1. The Kier molecular flexibility index (Phi) is 11.2. The molecule has 0 fully saturated rings. The van der Waals surface area contributed by atoms with Crippen molar-refractivity contribution in [1.29, 1.82) is 0 Å². The van der Waals surface area contributed by atoms with E-state index in [0.717, 1.165) is 10.7 Å². The SMILES string of the molecule is CCCNC(=O)C(CC)N(Cc1ccccc1Cl)C(=O)CN(c1ccc(OC)c(Cl)c1)S(=O)(=O)c1ccccc1. The maximum atomic E-state index is 14.0. The molecule has 0 spiro atoms. The number of sulfonamides is 1. The molecular weight excluding hydrogens is 573 g/mol. The smallest absolute Gasteiger partial charge is 0.264 e. The van der Waals surface area contributed by atoms with Gasteiger partial charge in [0.25, 0.3) is 10.0 Å². The van der Waals surface area contributed by atoms with Crippen LogP contribution in [0.2, 0.25) is 10.0 Å². The molecule has 1 N–H and O–H groups in total. The molecule has 0 aromatic heterocycles. The number of halogens is 2. The Labute approximate surface area is 245 Å². The van der Waals surface area contributed by atoms with Crippen molar-refractivity contribution in [1.82, 2.24) is 10.2 Å². The summed E-state index contributed by atoms with van der Waals surface area (Å²) in [4.78, 5) is 28.6. The second kappa shape index (κ2) is 14.4. The fraction of sp³-hybridized carbons (Fsp3) is 0.310. The van der Waals surface area contributed by atoms with Crippen LogP contribution in [0, 0.1) is 0 Å². The number of amides is 2. The number of hydrogen-bond acceptors (Lipinski definition) is 5. The van der Waals surface area contributed by atoms with Crippen molar-refractivity contribution in [2.45, 2.75) is 44.2 Å². The Morgan fingerprint density at radius 3 is 2.23 bits per heavy atom. The summed E-state index contributed by atoms with van der Waals surface area (Å²) < 4.78 is 33.9. The number of rotatable bonds is 13. The van der Waals surface area contributed by atoms with Crippen LogP contribution in [0.3, 0.4) is 0 Å². The molecule has 0 aliphatic rings. The molecule has 0 saturated carbocycles. The van der Waals surface area contributed by atoms with Crippen LogP contribution >= 0.6 is 23.2 Å². The molecule has 0 bridgehead atoms. The molecule has 1 unspecified atom stereocenters. The van der Waals surface area contributed by atoms with E-state index in [-0.39, 0.29) is 28.1 Å². The minimum Gasteiger partial charge on any atom is -0.495 e. The van der Waals surface area contributed by atoms with E-state index >= 15 is 0 Å². The van der Waals surface area contributed by atoms with Gasteiger partial charge in [0.1, 0.15) is 18.3 Å². The number of carbonyl (C=O) groups is 2. The first-order valence-electron chi connectivity index (χ1n) is 12.9. The van der Waals surface area contributed by atoms with E-state index in [1.807, 2.05) is 6.92 Å². The van der Waals surface area contributed by atoms with Gasteiger partial charge < -0.3 is 15.0 Å². The third kappa shape index (κ3) is 7.47. The number of benzene rings is 3. The quantitative estimate of drug-likeness (QED) is 0.276. The molecule has 40 heavy (non-hydrogen) atoms. The van der Waals surface area contributed by atoms with Crippen LogP contribution in [0.4, 0.5) is 5.69 Å². The van der Waals surface area contributed by atoms with Gasteiger partial charge in [0, 0.05) is 18.1 Å². The van der Waals surface area contributed by atoms with Crippen LogP contribution in [0.15, 0.2) is 77.7 Å². The molecular formula is C29H33Cl2N3O5S. The fourth-order valence-corrected chi connectivity index (χ4v) is 6.03. The minimum atomic E-state index is -4.21. The third-order valence-corrected chi connectivity index (χ3v) is 8.72. The Morgan fingerprint density at radius 1 is 0.950 bits per heavy atom. The van der Waals surface area contributed by atoms with E-state index < -0.39 is 28.5 Å². The van der Waals surface area contributed by atoms with Crippen molar-refractivity contribution in [3.05, 3.63) is 88.4 Å². The maximum absolute atomic E-state index is 14.0. The van der Waals surface area contributed by atoms with Crippen LogP contribution < -0.4 is 14.4 Å². The van der Waals surface area contributed by atoms with Gasteiger partial charge in [-0.3, -0.25) is 13.9 Å². The summed E-state index contributed by atoms with van der Waals surface area (Å²) in [6, 6.07) is 18.4. The predicted molar refractivity (Wildman–Crippen MR) is 158 cm³/mol. The van der Waals surface area contributed by atoms with Crippen LogP contribution in [0.1, 0.15) is 32.3 Å². The van der Waals surface area contributed by atoms with Crippen LogP contribution in [-0.2, 0) is 26.2 Å². The number of nitrogens with zero attached hydrogens (tertiary/aromatic N) is 2. The Balaban J connectivity index is 2.08. The summed E-state index contributed by atoms with van der Waals surface area (Å²) >= 11 is 12.8. The number of carbonyl (C=O) groups excluding carboxylic acids is 2. The lowest BCUT2D eigenvalue weighted by atomic mass is 10.1. The molecule has 2 amide bonds. The highest BCUT2D eigenvalue weighted by Gasteiger charge is 2.34. The zero-order chi connectivity index (χ0) is 29.3. The highest BCUT2D eigenvalue weighted by atomic mass is 35.5. The molecule has 0 saturated heterocycles. The topological polar surface area (TPSA) is 96.0 Å². The summed E-state index contributed by atoms with van der Waals surface area (Å²) in [5.74, 6) is -0.549. The standard InChI is InChI=1S/C29H33Cl2N3O5S/c1-4-17-32-29(36)26(5-2)33(19-21-11-9-10-14-24(21)30)28(35)20-34(22-15-16-27(39-3)25(31)18-22)40(37,38)23-12-7-6-8-13-23/h6-16,18,26H,4-5,17,19-20H2,1-3H3,(H,32,36). The summed E-state index contributed by atoms with van der Waals surface area (Å²) in [6.45, 7) is 3.61. The molecule has 0 radical (unpaired) electrons. The van der Waals surface area contributed by atoms with Crippen molar-refractivity contribution in [3.63, 3.8) is 0 Å². The number of methoxy groups -OCH3 is 1. The van der Waals surface area contributed by atoms with Crippen LogP contribution in [0.25, 0.3) is 0 Å². The lowest BCUT2D eigenvalue weighted by Gasteiger charge is -2.33. The van der Waals surface area contributed by atoms with Crippen molar-refractivity contribution >= 4 is 50.7 Å². The van der Waals surface area contributed by atoms with Crippen molar-refractivity contribution in [2.24, 2.45) is 0 Å². The Bertz CT molecular complexity index is 1420. The first-order valence-corrected chi connectivity index (χ1v) is 15.1. The van der Waals surface area contributed by atoms with Crippen LogP contribution in [0.5, 0.6) is 5.75 Å². The lowest BCUT2D eigenvalue weighted by Crippen LogP contribution is -2.52. The monoisotopic (exact) mass is 605 g/mol. The van der Waals surface area contributed by atoms with Crippen molar-refractivity contribution in [3.8, 4) is 5.75 Å². The van der Waals surface area contributed by atoms with E-state index in [0.29, 0.717) is 29.3 Å². The normalized spacial score (nSPS) is 11.9. The number of ether oxygens (including phenoxy) is 1. The van der Waals surface area contributed by atoms with Gasteiger partial charge in [0.15, 0.2) is 0 Å². The van der Waals surface area contributed by atoms with Gasteiger partial charge in [-0.2, -0.15) is 0 Å². The zero-order valence-electron chi connectivity index (χ0n) is 22.6. The highest BCUT2D eigenvalue weighted by molar-refractivity contribution is 7.92. The molecule has 3 aromatic carbocycles. The molecule has 3 aromatic rings.